The van der Waals surface area contributed by atoms with Gasteiger partial charge in [-0.3, -0.25) is 0 Å². The van der Waals surface area contributed by atoms with Gasteiger partial charge in [0.15, 0.2) is 11.5 Å². The Morgan fingerprint density at radius 3 is 2.42 bits per heavy atom. The molecular formula is C14H16BrNO2S. The zero-order valence-electron chi connectivity index (χ0n) is 10.9. The van der Waals surface area contributed by atoms with Gasteiger partial charge in [0.25, 0.3) is 0 Å². The number of ether oxygens (including phenoxy) is 2. The van der Waals surface area contributed by atoms with Gasteiger partial charge in [-0.1, -0.05) is 6.07 Å². The van der Waals surface area contributed by atoms with Crippen molar-refractivity contribution in [2.45, 2.75) is 5.92 Å². The number of benzene rings is 1. The maximum atomic E-state index is 5.93. The van der Waals surface area contributed by atoms with E-state index in [0.29, 0.717) is 6.54 Å². The van der Waals surface area contributed by atoms with E-state index in [4.69, 9.17) is 15.2 Å². The van der Waals surface area contributed by atoms with E-state index in [0.717, 1.165) is 20.8 Å². The SMILES string of the molecule is COc1ccc(C(CN)c2ccc(Br)s2)cc1OC. The second kappa shape index (κ2) is 6.41. The highest BCUT2D eigenvalue weighted by atomic mass is 79.9. The molecule has 0 saturated heterocycles. The van der Waals surface area contributed by atoms with Crippen LogP contribution in [-0.4, -0.2) is 20.8 Å². The van der Waals surface area contributed by atoms with Gasteiger partial charge in [0.05, 0.1) is 18.0 Å². The molecule has 0 radical (unpaired) electrons. The second-order valence-electron chi connectivity index (χ2n) is 4.04. The van der Waals surface area contributed by atoms with Gasteiger partial charge in [-0.2, -0.15) is 0 Å². The summed E-state index contributed by atoms with van der Waals surface area (Å²) in [6.07, 6.45) is 0. The first kappa shape index (κ1) is 14.4. The van der Waals surface area contributed by atoms with Crippen molar-refractivity contribution in [3.8, 4) is 11.5 Å². The zero-order chi connectivity index (χ0) is 13.8. The molecule has 102 valence electrons. The van der Waals surface area contributed by atoms with Gasteiger partial charge in [-0.15, -0.1) is 11.3 Å². The van der Waals surface area contributed by atoms with Gasteiger partial charge in [-0.25, -0.2) is 0 Å². The van der Waals surface area contributed by atoms with Crippen LogP contribution >= 0.6 is 27.3 Å². The van der Waals surface area contributed by atoms with Crippen molar-refractivity contribution in [2.24, 2.45) is 5.73 Å². The van der Waals surface area contributed by atoms with Crippen LogP contribution in [0.4, 0.5) is 0 Å². The number of hydrogen-bond acceptors (Lipinski definition) is 4. The number of hydrogen-bond donors (Lipinski definition) is 1. The fraction of sp³-hybridized carbons (Fsp3) is 0.286. The number of halogens is 1. The van der Waals surface area contributed by atoms with Crippen LogP contribution < -0.4 is 15.2 Å². The van der Waals surface area contributed by atoms with E-state index >= 15 is 0 Å². The van der Waals surface area contributed by atoms with Crippen LogP contribution in [0.25, 0.3) is 0 Å². The molecule has 5 heteroatoms. The second-order valence-corrected chi connectivity index (χ2v) is 6.54. The molecular weight excluding hydrogens is 326 g/mol. The number of rotatable bonds is 5. The number of thiophene rings is 1. The summed E-state index contributed by atoms with van der Waals surface area (Å²) in [5.74, 6) is 1.64. The molecule has 1 atom stereocenters. The summed E-state index contributed by atoms with van der Waals surface area (Å²) in [5, 5.41) is 0. The minimum atomic E-state index is 0.177. The van der Waals surface area contributed by atoms with Crippen molar-refractivity contribution >= 4 is 27.3 Å². The fourth-order valence-corrected chi connectivity index (χ4v) is 3.57. The number of nitrogens with two attached hydrogens (primary N) is 1. The Labute approximate surface area is 125 Å². The third-order valence-electron chi connectivity index (χ3n) is 2.98. The Balaban J connectivity index is 2.38. The average Bonchev–Trinajstić information content (AvgIpc) is 2.86. The van der Waals surface area contributed by atoms with E-state index in [9.17, 15) is 0 Å². The standard InChI is InChI=1S/C14H16BrNO2S/c1-17-11-4-3-9(7-12(11)18-2)10(8-16)13-5-6-14(15)19-13/h3-7,10H,8,16H2,1-2H3. The molecule has 2 aromatic rings. The Hall–Kier alpha value is -1.04. The van der Waals surface area contributed by atoms with Crippen molar-refractivity contribution in [2.75, 3.05) is 20.8 Å². The maximum Gasteiger partial charge on any atom is 0.161 e. The molecule has 19 heavy (non-hydrogen) atoms. The van der Waals surface area contributed by atoms with Crippen molar-refractivity contribution in [3.05, 3.63) is 44.6 Å². The molecule has 3 nitrogen and oxygen atoms in total. The molecule has 0 bridgehead atoms. The molecule has 0 fully saturated rings. The minimum Gasteiger partial charge on any atom is -0.493 e. The van der Waals surface area contributed by atoms with Crippen molar-refractivity contribution in [1.82, 2.24) is 0 Å². The highest BCUT2D eigenvalue weighted by Gasteiger charge is 2.16. The lowest BCUT2D eigenvalue weighted by Crippen LogP contribution is -2.12. The van der Waals surface area contributed by atoms with Crippen LogP contribution in [0.2, 0.25) is 0 Å². The number of methoxy groups -OCH3 is 2. The van der Waals surface area contributed by atoms with Crippen molar-refractivity contribution in [1.29, 1.82) is 0 Å². The first-order valence-corrected chi connectivity index (χ1v) is 7.47. The van der Waals surface area contributed by atoms with Gasteiger partial charge in [0.2, 0.25) is 0 Å². The van der Waals surface area contributed by atoms with E-state index < -0.39 is 0 Å². The molecule has 0 aliphatic carbocycles. The van der Waals surface area contributed by atoms with E-state index in [1.54, 1.807) is 25.6 Å². The highest BCUT2D eigenvalue weighted by molar-refractivity contribution is 9.11. The quantitative estimate of drug-likeness (QED) is 0.903. The third kappa shape index (κ3) is 3.11. The van der Waals surface area contributed by atoms with E-state index in [1.807, 2.05) is 24.3 Å². The Morgan fingerprint density at radius 2 is 1.89 bits per heavy atom. The fourth-order valence-electron chi connectivity index (χ4n) is 2.00. The van der Waals surface area contributed by atoms with Crippen LogP contribution in [-0.2, 0) is 0 Å². The lowest BCUT2D eigenvalue weighted by Gasteiger charge is -2.16. The smallest absolute Gasteiger partial charge is 0.161 e. The van der Waals surface area contributed by atoms with Crippen LogP contribution in [0.1, 0.15) is 16.4 Å². The summed E-state index contributed by atoms with van der Waals surface area (Å²) in [6, 6.07) is 10.1. The van der Waals surface area contributed by atoms with Crippen molar-refractivity contribution in [3.63, 3.8) is 0 Å². The molecule has 2 N–H and O–H groups in total. The van der Waals surface area contributed by atoms with Gasteiger partial charge in [0, 0.05) is 17.3 Å². The van der Waals surface area contributed by atoms with E-state index in [-0.39, 0.29) is 5.92 Å². The highest BCUT2D eigenvalue weighted by Crippen LogP contribution is 2.36. The third-order valence-corrected chi connectivity index (χ3v) is 4.72. The van der Waals surface area contributed by atoms with Crippen LogP contribution in [0.3, 0.4) is 0 Å². The summed E-state index contributed by atoms with van der Waals surface area (Å²) in [6.45, 7) is 0.558. The molecule has 0 amide bonds. The van der Waals surface area contributed by atoms with Crippen molar-refractivity contribution < 1.29 is 9.47 Å². The molecule has 1 unspecified atom stereocenters. The molecule has 0 spiro atoms. The molecule has 1 heterocycles. The predicted octanol–water partition coefficient (Wildman–Crippen LogP) is 3.62. The maximum absolute atomic E-state index is 5.93. The normalized spacial score (nSPS) is 12.2. The van der Waals surface area contributed by atoms with Crippen LogP contribution in [0.5, 0.6) is 11.5 Å². The summed E-state index contributed by atoms with van der Waals surface area (Å²) in [5.41, 5.74) is 7.06. The Bertz CT molecular complexity index is 556. The Morgan fingerprint density at radius 1 is 1.16 bits per heavy atom. The van der Waals surface area contributed by atoms with Crippen LogP contribution in [0.15, 0.2) is 34.1 Å². The van der Waals surface area contributed by atoms with Gasteiger partial charge >= 0.3 is 0 Å². The summed E-state index contributed by atoms with van der Waals surface area (Å²) < 4.78 is 11.7. The Kier molecular flexibility index (Phi) is 4.85. The topological polar surface area (TPSA) is 44.5 Å². The molecule has 0 saturated carbocycles. The van der Waals surface area contributed by atoms with E-state index in [1.165, 1.54) is 4.88 Å². The molecule has 0 aliphatic rings. The summed E-state index contributed by atoms with van der Waals surface area (Å²) >= 11 is 5.19. The van der Waals surface area contributed by atoms with Gasteiger partial charge in [0.1, 0.15) is 0 Å². The van der Waals surface area contributed by atoms with Gasteiger partial charge in [-0.05, 0) is 45.8 Å². The van der Waals surface area contributed by atoms with Gasteiger partial charge < -0.3 is 15.2 Å². The lowest BCUT2D eigenvalue weighted by atomic mass is 9.97. The molecule has 0 aliphatic heterocycles. The zero-order valence-corrected chi connectivity index (χ0v) is 13.3. The molecule has 2 rings (SSSR count). The predicted molar refractivity (Wildman–Crippen MR) is 82.5 cm³/mol. The van der Waals surface area contributed by atoms with Crippen LogP contribution in [0, 0.1) is 0 Å². The largest absolute Gasteiger partial charge is 0.493 e. The minimum absolute atomic E-state index is 0.177. The average molecular weight is 342 g/mol. The first-order valence-electron chi connectivity index (χ1n) is 5.86. The monoisotopic (exact) mass is 341 g/mol. The lowest BCUT2D eigenvalue weighted by molar-refractivity contribution is 0.354. The molecule has 1 aromatic carbocycles. The summed E-state index contributed by atoms with van der Waals surface area (Å²) in [7, 11) is 3.27. The first-order chi connectivity index (χ1) is 9.19. The molecule has 1 aromatic heterocycles. The van der Waals surface area contributed by atoms with E-state index in [2.05, 4.69) is 22.0 Å². The summed E-state index contributed by atoms with van der Waals surface area (Å²) in [4.78, 5) is 1.24.